The van der Waals surface area contributed by atoms with Crippen molar-refractivity contribution in [3.8, 4) is 28.7 Å². The van der Waals surface area contributed by atoms with E-state index in [0.717, 1.165) is 61.2 Å². The summed E-state index contributed by atoms with van der Waals surface area (Å²) in [6, 6.07) is 14.6. The molecule has 1 aromatic heterocycles. The van der Waals surface area contributed by atoms with Crippen molar-refractivity contribution in [1.82, 2.24) is 9.88 Å². The monoisotopic (exact) mass is 490 g/mol. The fourth-order valence-electron chi connectivity index (χ4n) is 4.79. The fraction of sp³-hybridized carbons (Fsp3) is 0.345. The molecule has 35 heavy (non-hydrogen) atoms. The van der Waals surface area contributed by atoms with E-state index >= 15 is 0 Å². The van der Waals surface area contributed by atoms with E-state index in [1.165, 1.54) is 6.07 Å². The summed E-state index contributed by atoms with van der Waals surface area (Å²) in [6.45, 7) is 4.39. The summed E-state index contributed by atoms with van der Waals surface area (Å²) >= 11 is 5.92. The number of rotatable bonds is 6. The number of aromatic nitrogens is 1. The minimum absolute atomic E-state index is 0.109. The molecule has 1 aliphatic heterocycles. The number of pyridine rings is 1. The zero-order valence-corrected chi connectivity index (χ0v) is 20.5. The second kappa shape index (κ2) is 9.99. The van der Waals surface area contributed by atoms with E-state index in [1.54, 1.807) is 18.3 Å². The number of nitrogens with zero attached hydrogens (tertiary/aromatic N) is 2. The number of hydrogen-bond acceptors (Lipinski definition) is 4. The van der Waals surface area contributed by atoms with Crippen molar-refractivity contribution in [3.63, 3.8) is 0 Å². The van der Waals surface area contributed by atoms with Gasteiger partial charge in [-0.2, -0.15) is 0 Å². The van der Waals surface area contributed by atoms with Gasteiger partial charge in [0.2, 0.25) is 0 Å². The van der Waals surface area contributed by atoms with Gasteiger partial charge in [0.1, 0.15) is 18.1 Å². The van der Waals surface area contributed by atoms with E-state index in [2.05, 4.69) is 21.7 Å². The Morgan fingerprint density at radius 1 is 1.14 bits per heavy atom. The van der Waals surface area contributed by atoms with Crippen molar-refractivity contribution in [2.45, 2.75) is 44.2 Å². The molecule has 2 fully saturated rings. The molecule has 2 aromatic carbocycles. The fourth-order valence-corrected chi connectivity index (χ4v) is 4.91. The zero-order valence-electron chi connectivity index (χ0n) is 19.7. The molecule has 180 valence electrons. The van der Waals surface area contributed by atoms with E-state index in [4.69, 9.17) is 16.3 Å². The normalized spacial score (nSPS) is 18.7. The Morgan fingerprint density at radius 2 is 1.94 bits per heavy atom. The van der Waals surface area contributed by atoms with Gasteiger partial charge in [-0.1, -0.05) is 29.7 Å². The third kappa shape index (κ3) is 5.51. The molecule has 0 amide bonds. The molecule has 1 saturated carbocycles. The third-order valence-corrected chi connectivity index (χ3v) is 7.15. The Hall–Kier alpha value is -2.91. The molecular formula is C29H28ClFN2O2. The molecule has 2 aliphatic rings. The Morgan fingerprint density at radius 3 is 2.66 bits per heavy atom. The summed E-state index contributed by atoms with van der Waals surface area (Å²) in [5.41, 5.74) is 2.91. The average molecular weight is 491 g/mol. The molecule has 1 saturated heterocycles. The molecule has 4 nitrogen and oxygen atoms in total. The molecule has 2 heterocycles. The molecular weight excluding hydrogens is 463 g/mol. The summed E-state index contributed by atoms with van der Waals surface area (Å²) in [7, 11) is 0. The molecule has 6 heteroatoms. The van der Waals surface area contributed by atoms with Crippen molar-refractivity contribution in [3.05, 3.63) is 82.4 Å². The van der Waals surface area contributed by atoms with Crippen LogP contribution in [0.3, 0.4) is 0 Å². The quantitative estimate of drug-likeness (QED) is 0.456. The molecule has 1 aliphatic carbocycles. The van der Waals surface area contributed by atoms with Crippen molar-refractivity contribution >= 4 is 11.6 Å². The number of likely N-dealkylation sites (tertiary alicyclic amines) is 1. The van der Waals surface area contributed by atoms with Crippen molar-refractivity contribution in [2.75, 3.05) is 19.7 Å². The van der Waals surface area contributed by atoms with Crippen molar-refractivity contribution in [1.29, 1.82) is 0 Å². The van der Waals surface area contributed by atoms with Crippen LogP contribution in [0.25, 0.3) is 11.1 Å². The Labute approximate surface area is 210 Å². The lowest BCUT2D eigenvalue weighted by Crippen LogP contribution is -2.42. The number of aryl methyl sites for hydroxylation is 1. The molecule has 1 atom stereocenters. The van der Waals surface area contributed by atoms with Crippen LogP contribution in [-0.2, 0) is 0 Å². The lowest BCUT2D eigenvalue weighted by Gasteiger charge is -2.28. The molecule has 5 rings (SSSR count). The zero-order chi connectivity index (χ0) is 24.4. The van der Waals surface area contributed by atoms with E-state index in [9.17, 15) is 9.50 Å². The summed E-state index contributed by atoms with van der Waals surface area (Å²) in [6.07, 6.45) is 5.66. The topological polar surface area (TPSA) is 45.6 Å². The maximum Gasteiger partial charge on any atom is 0.158 e. The largest absolute Gasteiger partial charge is 0.492 e. The van der Waals surface area contributed by atoms with Crippen LogP contribution in [0.4, 0.5) is 4.39 Å². The maximum atomic E-state index is 14.6. The van der Waals surface area contributed by atoms with E-state index in [-0.39, 0.29) is 11.7 Å². The van der Waals surface area contributed by atoms with Crippen molar-refractivity contribution < 1.29 is 14.2 Å². The Balaban J connectivity index is 1.20. The van der Waals surface area contributed by atoms with Gasteiger partial charge >= 0.3 is 0 Å². The van der Waals surface area contributed by atoms with E-state index in [0.29, 0.717) is 17.2 Å². The van der Waals surface area contributed by atoms with Crippen LogP contribution < -0.4 is 4.74 Å². The predicted molar refractivity (Wildman–Crippen MR) is 136 cm³/mol. The summed E-state index contributed by atoms with van der Waals surface area (Å²) in [5.74, 6) is 6.20. The maximum absolute atomic E-state index is 14.6. The highest BCUT2D eigenvalue weighted by molar-refractivity contribution is 6.30. The molecule has 1 N–H and O–H groups in total. The van der Waals surface area contributed by atoms with E-state index < -0.39 is 11.4 Å². The second-order valence-electron chi connectivity index (χ2n) is 9.44. The first kappa shape index (κ1) is 23.8. The number of benzene rings is 2. The van der Waals surface area contributed by atoms with Gasteiger partial charge in [-0.15, -0.1) is 0 Å². The predicted octanol–water partition coefficient (Wildman–Crippen LogP) is 5.62. The SMILES string of the molecule is Cc1cc(C#Cc2ncc(-c3ccc(Cl)cc3)cc2F)ccc1OCCN1CCCC1C1(O)CC1. The highest BCUT2D eigenvalue weighted by atomic mass is 35.5. The lowest BCUT2D eigenvalue weighted by molar-refractivity contribution is 0.0458. The molecule has 0 radical (unpaired) electrons. The molecule has 0 bridgehead atoms. The van der Waals surface area contributed by atoms with Gasteiger partial charge in [-0.3, -0.25) is 4.90 Å². The smallest absolute Gasteiger partial charge is 0.158 e. The summed E-state index contributed by atoms with van der Waals surface area (Å²) < 4.78 is 20.6. The lowest BCUT2D eigenvalue weighted by atomic mass is 10.1. The standard InChI is InChI=1S/C29H28ClFN2O2/c1-20-17-21(4-10-26-25(31)18-23(19-32-26)22-6-8-24(30)9-7-22)5-11-27(20)35-16-15-33-14-2-3-28(33)29(34)12-13-29/h5-9,11,17-19,28,34H,2-3,12-16H2,1H3. The number of aliphatic hydroxyl groups is 1. The van der Waals surface area contributed by atoms with Crippen molar-refractivity contribution in [2.24, 2.45) is 0 Å². The Bertz CT molecular complexity index is 1280. The minimum Gasteiger partial charge on any atom is -0.492 e. The average Bonchev–Trinajstić information content (AvgIpc) is 3.41. The van der Waals surface area contributed by atoms with Gasteiger partial charge in [-0.05, 0) is 92.6 Å². The van der Waals surface area contributed by atoms with Gasteiger partial charge in [-0.25, -0.2) is 9.37 Å². The minimum atomic E-state index is -0.461. The highest BCUT2D eigenvalue weighted by Crippen LogP contribution is 2.44. The Kier molecular flexibility index (Phi) is 6.80. The van der Waals surface area contributed by atoms with Crippen LogP contribution in [0.1, 0.15) is 42.5 Å². The first-order chi connectivity index (χ1) is 16.9. The highest BCUT2D eigenvalue weighted by Gasteiger charge is 2.51. The van der Waals surface area contributed by atoms with Crippen LogP contribution in [0.5, 0.6) is 5.75 Å². The van der Waals surface area contributed by atoms with Crippen LogP contribution in [0, 0.1) is 24.6 Å². The summed E-state index contributed by atoms with van der Waals surface area (Å²) in [5, 5.41) is 11.1. The van der Waals surface area contributed by atoms with E-state index in [1.807, 2.05) is 37.3 Å². The molecule has 1 unspecified atom stereocenters. The number of halogens is 2. The molecule has 3 aromatic rings. The second-order valence-corrected chi connectivity index (χ2v) is 9.87. The van der Waals surface area contributed by atoms with Crippen LogP contribution >= 0.6 is 11.6 Å². The van der Waals surface area contributed by atoms with Crippen LogP contribution in [-0.4, -0.2) is 46.3 Å². The van der Waals surface area contributed by atoms with Gasteiger partial charge in [0.15, 0.2) is 5.82 Å². The van der Waals surface area contributed by atoms with Gasteiger partial charge < -0.3 is 9.84 Å². The van der Waals surface area contributed by atoms with Crippen LogP contribution in [0.15, 0.2) is 54.7 Å². The first-order valence-electron chi connectivity index (χ1n) is 12.0. The van der Waals surface area contributed by atoms with Gasteiger partial charge in [0.25, 0.3) is 0 Å². The molecule has 0 spiro atoms. The van der Waals surface area contributed by atoms with Gasteiger partial charge in [0, 0.05) is 34.9 Å². The van der Waals surface area contributed by atoms with Crippen LogP contribution in [0.2, 0.25) is 5.02 Å². The van der Waals surface area contributed by atoms with Gasteiger partial charge in [0.05, 0.1) is 5.60 Å². The number of hydrogen-bond donors (Lipinski definition) is 1. The number of ether oxygens (including phenoxy) is 1. The first-order valence-corrected chi connectivity index (χ1v) is 12.4. The summed E-state index contributed by atoms with van der Waals surface area (Å²) in [4.78, 5) is 6.57. The third-order valence-electron chi connectivity index (χ3n) is 6.90.